The van der Waals surface area contributed by atoms with Gasteiger partial charge in [0.1, 0.15) is 11.9 Å². The molecule has 6 nitrogen and oxygen atoms in total. The molecule has 1 aromatic heterocycles. The zero-order valence-corrected chi connectivity index (χ0v) is 13.9. The summed E-state index contributed by atoms with van der Waals surface area (Å²) in [5.41, 5.74) is 1.24. The summed E-state index contributed by atoms with van der Waals surface area (Å²) in [6.07, 6.45) is 5.14. The average Bonchev–Trinajstić information content (AvgIpc) is 2.98. The number of aliphatic hydroxyl groups excluding tert-OH is 1. The Morgan fingerprint density at radius 2 is 1.96 bits per heavy atom. The summed E-state index contributed by atoms with van der Waals surface area (Å²) >= 11 is 0. The van der Waals surface area contributed by atoms with E-state index in [2.05, 4.69) is 9.88 Å². The Bertz CT molecular complexity index is 816. The average molecular weight is 342 g/mol. The first kappa shape index (κ1) is 15.2. The van der Waals surface area contributed by atoms with Gasteiger partial charge in [0.05, 0.1) is 11.7 Å². The van der Waals surface area contributed by atoms with Crippen molar-refractivity contribution < 1.29 is 19.7 Å². The van der Waals surface area contributed by atoms with Gasteiger partial charge >= 0.3 is 5.97 Å². The lowest BCUT2D eigenvalue weighted by Gasteiger charge is -2.56. The van der Waals surface area contributed by atoms with Crippen LogP contribution in [0.25, 0.3) is 10.9 Å². The third-order valence-corrected chi connectivity index (χ3v) is 6.26. The third-order valence-electron chi connectivity index (χ3n) is 6.26. The number of hydrogen-bond acceptors (Lipinski definition) is 5. The van der Waals surface area contributed by atoms with Crippen molar-refractivity contribution in [1.82, 2.24) is 9.88 Å². The minimum atomic E-state index is -0.304. The zero-order valence-electron chi connectivity index (χ0n) is 13.9. The molecular weight excluding hydrogens is 320 g/mol. The summed E-state index contributed by atoms with van der Waals surface area (Å²) in [6.45, 7) is 0.770. The van der Waals surface area contributed by atoms with Crippen LogP contribution in [-0.2, 0) is 4.74 Å². The van der Waals surface area contributed by atoms with Crippen molar-refractivity contribution in [3.05, 3.63) is 30.0 Å². The molecule has 0 amide bonds. The molecule has 4 unspecified atom stereocenters. The molecule has 2 aromatic rings. The number of phenolic OH excluding ortho intramolecular Hbond substituents is 1. The predicted octanol–water partition coefficient (Wildman–Crippen LogP) is 2.02. The lowest BCUT2D eigenvalue weighted by molar-refractivity contribution is -0.130. The van der Waals surface area contributed by atoms with Crippen molar-refractivity contribution in [3.8, 4) is 5.75 Å². The molecule has 3 N–H and O–H groups in total. The van der Waals surface area contributed by atoms with Crippen molar-refractivity contribution in [2.45, 2.75) is 50.0 Å². The van der Waals surface area contributed by atoms with Crippen LogP contribution in [0.15, 0.2) is 24.4 Å². The first-order chi connectivity index (χ1) is 12.1. The van der Waals surface area contributed by atoms with Gasteiger partial charge in [-0.25, -0.2) is 4.79 Å². The van der Waals surface area contributed by atoms with Crippen LogP contribution in [0.4, 0.5) is 0 Å². The van der Waals surface area contributed by atoms with Gasteiger partial charge in [0.15, 0.2) is 0 Å². The van der Waals surface area contributed by atoms with Crippen molar-refractivity contribution in [2.24, 2.45) is 5.92 Å². The number of aliphatic hydroxyl groups is 1. The molecule has 4 fully saturated rings. The number of carbonyl (C=O) groups is 1. The number of piperidine rings is 4. The predicted molar refractivity (Wildman–Crippen MR) is 91.4 cm³/mol. The maximum Gasteiger partial charge on any atom is 0.340 e. The van der Waals surface area contributed by atoms with E-state index in [9.17, 15) is 15.0 Å². The molecule has 6 heteroatoms. The molecule has 0 aliphatic carbocycles. The minimum Gasteiger partial charge on any atom is -0.508 e. The highest BCUT2D eigenvalue weighted by Gasteiger charge is 2.49. The van der Waals surface area contributed by atoms with Crippen LogP contribution >= 0.6 is 0 Å². The minimum absolute atomic E-state index is 0.0583. The number of ether oxygens (including phenoxy) is 1. The monoisotopic (exact) mass is 342 g/mol. The molecule has 4 aliphatic rings. The highest BCUT2D eigenvalue weighted by molar-refractivity contribution is 6.04. The summed E-state index contributed by atoms with van der Waals surface area (Å²) in [5, 5.41) is 20.4. The van der Waals surface area contributed by atoms with E-state index in [1.165, 1.54) is 0 Å². The summed E-state index contributed by atoms with van der Waals surface area (Å²) in [6, 6.07) is 5.77. The standard InChI is InChI=1S/C19H22N2O4/c22-13-1-2-15-16(8-20-17(15)7-13)19(24)25-14-5-11-3-10-4-12(6-14)21(11)9-18(10)23/h1-2,7-8,10-12,14,18,20,22-23H,3-6,9H2/t10?,11-,12+,14?,18?. The van der Waals surface area contributed by atoms with Crippen molar-refractivity contribution >= 4 is 16.9 Å². The maximum atomic E-state index is 12.6. The van der Waals surface area contributed by atoms with Gasteiger partial charge in [-0.2, -0.15) is 0 Å². The van der Waals surface area contributed by atoms with Crippen LogP contribution < -0.4 is 0 Å². The van der Waals surface area contributed by atoms with E-state index < -0.39 is 0 Å². The molecule has 4 aliphatic heterocycles. The number of benzene rings is 1. The van der Waals surface area contributed by atoms with E-state index in [0.29, 0.717) is 23.6 Å². The molecule has 4 saturated heterocycles. The fourth-order valence-electron chi connectivity index (χ4n) is 5.10. The Hall–Kier alpha value is -2.05. The SMILES string of the molecule is O=C(OC1C[C@@H]2CC3C[C@H](C1)N2CC3O)c1c[nH]c2cc(O)ccc12. The van der Waals surface area contributed by atoms with E-state index in [1.807, 2.05) is 0 Å². The van der Waals surface area contributed by atoms with Crippen molar-refractivity contribution in [3.63, 3.8) is 0 Å². The number of aromatic nitrogens is 1. The van der Waals surface area contributed by atoms with Crippen LogP contribution in [0.5, 0.6) is 5.75 Å². The summed E-state index contributed by atoms with van der Waals surface area (Å²) < 4.78 is 5.83. The Morgan fingerprint density at radius 3 is 2.68 bits per heavy atom. The first-order valence-electron chi connectivity index (χ1n) is 9.03. The second-order valence-electron chi connectivity index (χ2n) is 7.73. The maximum absolute atomic E-state index is 12.6. The normalized spacial score (nSPS) is 36.5. The first-order valence-corrected chi connectivity index (χ1v) is 9.03. The third kappa shape index (κ3) is 2.43. The number of nitrogens with zero attached hydrogens (tertiary/aromatic N) is 1. The van der Waals surface area contributed by atoms with Crippen LogP contribution in [0, 0.1) is 5.92 Å². The number of fused-ring (bicyclic) bond motifs is 2. The number of phenols is 1. The highest BCUT2D eigenvalue weighted by atomic mass is 16.5. The fourth-order valence-corrected chi connectivity index (χ4v) is 5.10. The molecule has 25 heavy (non-hydrogen) atoms. The van der Waals surface area contributed by atoms with E-state index in [1.54, 1.807) is 24.4 Å². The lowest BCUT2D eigenvalue weighted by Crippen LogP contribution is -2.64. The van der Waals surface area contributed by atoms with E-state index in [4.69, 9.17) is 4.74 Å². The van der Waals surface area contributed by atoms with Crippen molar-refractivity contribution in [1.29, 1.82) is 0 Å². The second kappa shape index (κ2) is 5.47. The Kier molecular flexibility index (Phi) is 3.33. The molecule has 0 radical (unpaired) electrons. The topological polar surface area (TPSA) is 85.8 Å². The fraction of sp³-hybridized carbons (Fsp3) is 0.526. The molecule has 0 spiro atoms. The van der Waals surface area contributed by atoms with Gasteiger partial charge in [0, 0.05) is 54.6 Å². The number of nitrogens with one attached hydrogen (secondary N) is 1. The van der Waals surface area contributed by atoms with Gasteiger partial charge < -0.3 is 19.9 Å². The number of H-pyrrole nitrogens is 1. The smallest absolute Gasteiger partial charge is 0.340 e. The number of esters is 1. The van der Waals surface area contributed by atoms with Crippen LogP contribution in [0.3, 0.4) is 0 Å². The van der Waals surface area contributed by atoms with E-state index in [0.717, 1.165) is 43.1 Å². The Labute approximate surface area is 145 Å². The molecule has 5 heterocycles. The Morgan fingerprint density at radius 1 is 1.20 bits per heavy atom. The largest absolute Gasteiger partial charge is 0.508 e. The molecule has 0 saturated carbocycles. The molecule has 4 bridgehead atoms. The Balaban J connectivity index is 1.32. The van der Waals surface area contributed by atoms with Gasteiger partial charge in [-0.1, -0.05) is 0 Å². The number of aromatic hydroxyl groups is 1. The number of carbonyl (C=O) groups excluding carboxylic acids is 1. The lowest BCUT2D eigenvalue weighted by atomic mass is 9.71. The molecule has 1 aromatic carbocycles. The van der Waals surface area contributed by atoms with Gasteiger partial charge in [-0.3, -0.25) is 4.90 Å². The molecular formula is C19H22N2O4. The second-order valence-corrected chi connectivity index (χ2v) is 7.73. The van der Waals surface area contributed by atoms with Gasteiger partial charge in [0.2, 0.25) is 0 Å². The van der Waals surface area contributed by atoms with E-state index >= 15 is 0 Å². The van der Waals surface area contributed by atoms with Crippen LogP contribution in [-0.4, -0.2) is 56.9 Å². The van der Waals surface area contributed by atoms with Gasteiger partial charge in [0.25, 0.3) is 0 Å². The summed E-state index contributed by atoms with van der Waals surface area (Å²) in [7, 11) is 0. The molecule has 6 atom stereocenters. The number of aromatic amines is 1. The van der Waals surface area contributed by atoms with Crippen LogP contribution in [0.1, 0.15) is 36.0 Å². The summed E-state index contributed by atoms with van der Waals surface area (Å²) in [4.78, 5) is 18.1. The molecule has 132 valence electrons. The zero-order chi connectivity index (χ0) is 17.1. The van der Waals surface area contributed by atoms with Crippen molar-refractivity contribution in [2.75, 3.05) is 6.54 Å². The number of rotatable bonds is 2. The van der Waals surface area contributed by atoms with E-state index in [-0.39, 0.29) is 23.9 Å². The quantitative estimate of drug-likeness (QED) is 0.727. The van der Waals surface area contributed by atoms with Crippen LogP contribution in [0.2, 0.25) is 0 Å². The van der Waals surface area contributed by atoms with Gasteiger partial charge in [-0.05, 0) is 30.9 Å². The molecule has 6 rings (SSSR count). The van der Waals surface area contributed by atoms with Gasteiger partial charge in [-0.15, -0.1) is 0 Å². The summed E-state index contributed by atoms with van der Waals surface area (Å²) in [5.74, 6) is 0.278. The highest BCUT2D eigenvalue weighted by Crippen LogP contribution is 2.43. The number of hydrogen-bond donors (Lipinski definition) is 3.